The first-order valence-corrected chi connectivity index (χ1v) is 14.4. The minimum absolute atomic E-state index is 0.128. The predicted molar refractivity (Wildman–Crippen MR) is 156 cm³/mol. The van der Waals surface area contributed by atoms with Crippen molar-refractivity contribution in [2.75, 3.05) is 48.2 Å². The van der Waals surface area contributed by atoms with Crippen LogP contribution in [0.3, 0.4) is 0 Å². The Morgan fingerprint density at radius 2 is 1.44 bits per heavy atom. The number of fused-ring (bicyclic) bond motifs is 1. The summed E-state index contributed by atoms with van der Waals surface area (Å²) < 4.78 is 27.4. The number of aliphatic hydroxyl groups excluding tert-OH is 1. The average molecular weight is 583 g/mol. The van der Waals surface area contributed by atoms with E-state index in [1.165, 1.54) is 21.3 Å². The molecule has 3 N–H and O–H groups in total. The summed E-state index contributed by atoms with van der Waals surface area (Å²) in [6.45, 7) is 11.3. The Hall–Kier alpha value is -3.05. The van der Waals surface area contributed by atoms with Crippen LogP contribution >= 0.6 is 0 Å². The van der Waals surface area contributed by atoms with Gasteiger partial charge in [0.05, 0.1) is 54.2 Å². The fraction of sp³-hybridized carbons (Fsp3) is 0.700. The second-order valence-corrected chi connectivity index (χ2v) is 9.80. The highest BCUT2D eigenvalue weighted by Gasteiger charge is 2.54. The lowest BCUT2D eigenvalue weighted by atomic mass is 9.82. The Bertz CT molecular complexity index is 997. The summed E-state index contributed by atoms with van der Waals surface area (Å²) in [6.07, 6.45) is 1.86. The van der Waals surface area contributed by atoms with Gasteiger partial charge in [-0.3, -0.25) is 14.4 Å². The van der Waals surface area contributed by atoms with Crippen LogP contribution in [0.4, 0.5) is 0 Å². The number of benzene rings is 1. The SMILES string of the molecule is CC.CC.COc1c2c(c(OC)c(OC)c1OC)CC(C(=O)NCC(=O)NC(CC(C)C)C(=O)C1(CO)CO1)CC2. The van der Waals surface area contributed by atoms with Crippen LogP contribution in [0.2, 0.25) is 0 Å². The zero-order chi connectivity index (χ0) is 31.3. The predicted octanol–water partition coefficient (Wildman–Crippen LogP) is 2.86. The van der Waals surface area contributed by atoms with Gasteiger partial charge in [0.15, 0.2) is 22.9 Å². The molecule has 234 valence electrons. The largest absolute Gasteiger partial charge is 0.492 e. The number of epoxide rings is 1. The van der Waals surface area contributed by atoms with Crippen molar-refractivity contribution in [3.8, 4) is 23.0 Å². The Morgan fingerprint density at radius 3 is 1.88 bits per heavy atom. The monoisotopic (exact) mass is 582 g/mol. The van der Waals surface area contributed by atoms with E-state index < -0.39 is 30.1 Å². The van der Waals surface area contributed by atoms with Crippen LogP contribution in [0.5, 0.6) is 23.0 Å². The maximum atomic E-state index is 13.0. The second kappa shape index (κ2) is 17.0. The molecule has 11 heteroatoms. The van der Waals surface area contributed by atoms with Crippen molar-refractivity contribution in [3.63, 3.8) is 0 Å². The number of carbonyl (C=O) groups is 3. The van der Waals surface area contributed by atoms with E-state index >= 15 is 0 Å². The quantitative estimate of drug-likeness (QED) is 0.299. The fourth-order valence-corrected chi connectivity index (χ4v) is 4.90. The molecule has 3 unspecified atom stereocenters. The molecule has 3 rings (SSSR count). The number of nitrogens with one attached hydrogen (secondary N) is 2. The first-order chi connectivity index (χ1) is 19.7. The van der Waals surface area contributed by atoms with Gasteiger partial charge in [-0.2, -0.15) is 0 Å². The van der Waals surface area contributed by atoms with Crippen LogP contribution < -0.4 is 29.6 Å². The smallest absolute Gasteiger partial charge is 0.239 e. The Balaban J connectivity index is 0.00000201. The summed E-state index contributed by atoms with van der Waals surface area (Å²) in [5, 5.41) is 14.9. The number of amides is 2. The van der Waals surface area contributed by atoms with Crippen molar-refractivity contribution >= 4 is 17.6 Å². The first-order valence-electron chi connectivity index (χ1n) is 14.4. The molecular weight excluding hydrogens is 532 g/mol. The topological polar surface area (TPSA) is 145 Å². The van der Waals surface area contributed by atoms with Crippen molar-refractivity contribution < 1.29 is 43.2 Å². The van der Waals surface area contributed by atoms with E-state index in [1.54, 1.807) is 7.11 Å². The second-order valence-electron chi connectivity index (χ2n) is 9.80. The highest BCUT2D eigenvalue weighted by atomic mass is 16.6. The van der Waals surface area contributed by atoms with Crippen LogP contribution in [-0.2, 0) is 32.0 Å². The van der Waals surface area contributed by atoms with E-state index in [1.807, 2.05) is 41.5 Å². The lowest BCUT2D eigenvalue weighted by Crippen LogP contribution is -2.51. The highest BCUT2D eigenvalue weighted by Crippen LogP contribution is 2.52. The minimum Gasteiger partial charge on any atom is -0.492 e. The van der Waals surface area contributed by atoms with Gasteiger partial charge in [-0.1, -0.05) is 41.5 Å². The average Bonchev–Trinajstić information content (AvgIpc) is 3.80. The molecule has 1 aliphatic heterocycles. The molecule has 0 bridgehead atoms. The molecule has 1 aliphatic carbocycles. The number of Topliss-reactive ketones (excluding diaryl/α,β-unsaturated/α-hetero) is 1. The summed E-state index contributed by atoms with van der Waals surface area (Å²) in [5.41, 5.74) is 0.471. The molecule has 0 aromatic heterocycles. The molecule has 41 heavy (non-hydrogen) atoms. The van der Waals surface area contributed by atoms with Crippen molar-refractivity contribution in [1.29, 1.82) is 0 Å². The number of methoxy groups -OCH3 is 4. The molecule has 1 aromatic rings. The van der Waals surface area contributed by atoms with Gasteiger partial charge in [0.25, 0.3) is 0 Å². The molecule has 1 heterocycles. The van der Waals surface area contributed by atoms with Gasteiger partial charge in [0, 0.05) is 17.0 Å². The number of carbonyl (C=O) groups excluding carboxylic acids is 3. The van der Waals surface area contributed by atoms with Gasteiger partial charge < -0.3 is 39.4 Å². The molecule has 2 aliphatic rings. The highest BCUT2D eigenvalue weighted by molar-refractivity contribution is 5.97. The van der Waals surface area contributed by atoms with Crippen molar-refractivity contribution in [2.24, 2.45) is 11.8 Å². The summed E-state index contributed by atoms with van der Waals surface area (Å²) in [4.78, 5) is 38.5. The summed E-state index contributed by atoms with van der Waals surface area (Å²) >= 11 is 0. The Labute approximate surface area is 244 Å². The van der Waals surface area contributed by atoms with Gasteiger partial charge >= 0.3 is 0 Å². The van der Waals surface area contributed by atoms with Gasteiger partial charge in [0.2, 0.25) is 23.3 Å². The Morgan fingerprint density at radius 1 is 0.927 bits per heavy atom. The molecule has 1 fully saturated rings. The lowest BCUT2D eigenvalue weighted by molar-refractivity contribution is -0.133. The number of rotatable bonds is 13. The molecule has 11 nitrogen and oxygen atoms in total. The summed E-state index contributed by atoms with van der Waals surface area (Å²) in [6, 6.07) is -0.806. The van der Waals surface area contributed by atoms with Gasteiger partial charge in [-0.15, -0.1) is 0 Å². The van der Waals surface area contributed by atoms with E-state index in [0.29, 0.717) is 48.7 Å². The van der Waals surface area contributed by atoms with Crippen LogP contribution in [-0.4, -0.2) is 82.5 Å². The zero-order valence-corrected chi connectivity index (χ0v) is 26.4. The molecule has 0 saturated carbocycles. The van der Waals surface area contributed by atoms with Crippen molar-refractivity contribution in [1.82, 2.24) is 10.6 Å². The van der Waals surface area contributed by atoms with Crippen LogP contribution in [0.25, 0.3) is 0 Å². The number of hydrogen-bond donors (Lipinski definition) is 3. The number of hydrogen-bond acceptors (Lipinski definition) is 9. The molecule has 1 aromatic carbocycles. The van der Waals surface area contributed by atoms with Crippen molar-refractivity contribution in [2.45, 2.75) is 78.9 Å². The van der Waals surface area contributed by atoms with E-state index in [9.17, 15) is 19.5 Å². The molecule has 0 spiro atoms. The van der Waals surface area contributed by atoms with Gasteiger partial charge in [0.1, 0.15) is 0 Å². The van der Waals surface area contributed by atoms with E-state index in [-0.39, 0.29) is 30.8 Å². The molecular formula is C30H50N2O9. The molecule has 0 radical (unpaired) electrons. The lowest BCUT2D eigenvalue weighted by Gasteiger charge is -2.29. The normalized spacial score (nSPS) is 19.2. The van der Waals surface area contributed by atoms with Crippen LogP contribution in [0.15, 0.2) is 0 Å². The Kier molecular flexibility index (Phi) is 14.9. The number of ketones is 1. The van der Waals surface area contributed by atoms with E-state index in [2.05, 4.69) is 10.6 Å². The number of ether oxygens (including phenoxy) is 5. The maximum absolute atomic E-state index is 13.0. The third-order valence-electron chi connectivity index (χ3n) is 6.89. The third kappa shape index (κ3) is 8.48. The maximum Gasteiger partial charge on any atom is 0.239 e. The standard InChI is InChI=1S/C26H38N2O9.2C2H6/c1-14(2)9-18(24(31)26(12-29)13-37-26)28-19(30)11-27-25(32)15-7-8-16-17(10-15)21(34-4)23(36-6)22(35-5)20(16)33-3;2*1-2/h14-15,18,29H,7-13H2,1-6H3,(H,27,32)(H,28,30);2*1-2H3. The summed E-state index contributed by atoms with van der Waals surface area (Å²) in [5.74, 6) is 0.481. The van der Waals surface area contributed by atoms with Crippen molar-refractivity contribution in [3.05, 3.63) is 11.1 Å². The molecule has 2 amide bonds. The third-order valence-corrected chi connectivity index (χ3v) is 6.89. The van der Waals surface area contributed by atoms with E-state index in [4.69, 9.17) is 23.7 Å². The zero-order valence-electron chi connectivity index (χ0n) is 26.4. The first kappa shape index (κ1) is 36.0. The molecule has 1 saturated heterocycles. The van der Waals surface area contributed by atoms with Gasteiger partial charge in [-0.25, -0.2) is 0 Å². The number of aliphatic hydroxyl groups is 1. The van der Waals surface area contributed by atoms with Gasteiger partial charge in [-0.05, 0) is 31.6 Å². The van der Waals surface area contributed by atoms with E-state index in [0.717, 1.165) is 11.1 Å². The van der Waals surface area contributed by atoms with Crippen LogP contribution in [0.1, 0.15) is 65.5 Å². The molecule has 3 atom stereocenters. The minimum atomic E-state index is -1.23. The fourth-order valence-electron chi connectivity index (χ4n) is 4.90. The van der Waals surface area contributed by atoms with Crippen LogP contribution in [0, 0.1) is 11.8 Å². The summed E-state index contributed by atoms with van der Waals surface area (Å²) in [7, 11) is 6.11.